The highest BCUT2D eigenvalue weighted by Crippen LogP contribution is 2.34. The van der Waals surface area contributed by atoms with Crippen LogP contribution in [0, 0.1) is 0 Å². The molecule has 5 nitrogen and oxygen atoms in total. The molecular formula is C13H13F3N4O. The topological polar surface area (TPSA) is 69.8 Å². The van der Waals surface area contributed by atoms with Gasteiger partial charge in [-0.3, -0.25) is 0 Å². The maximum absolute atomic E-state index is 12.8. The Morgan fingerprint density at radius 1 is 1.29 bits per heavy atom. The Labute approximate surface area is 118 Å². The predicted molar refractivity (Wildman–Crippen MR) is 70.8 cm³/mol. The third-order valence-corrected chi connectivity index (χ3v) is 2.72. The largest absolute Gasteiger partial charge is 0.418 e. The first-order valence-corrected chi connectivity index (χ1v) is 6.15. The van der Waals surface area contributed by atoms with Crippen LogP contribution in [-0.2, 0) is 12.6 Å². The molecule has 2 rings (SSSR count). The number of benzene rings is 1. The molecule has 1 aromatic carbocycles. The summed E-state index contributed by atoms with van der Waals surface area (Å²) in [6.45, 7) is 0.280. The van der Waals surface area contributed by atoms with E-state index in [4.69, 9.17) is 0 Å². The van der Waals surface area contributed by atoms with E-state index in [0.717, 1.165) is 11.8 Å². The van der Waals surface area contributed by atoms with Gasteiger partial charge in [0.25, 0.3) is 0 Å². The monoisotopic (exact) mass is 298 g/mol. The number of H-pyrrole nitrogens is 1. The summed E-state index contributed by atoms with van der Waals surface area (Å²) >= 11 is 0. The Hall–Kier alpha value is -2.51. The van der Waals surface area contributed by atoms with Crippen molar-refractivity contribution < 1.29 is 18.0 Å². The molecule has 0 fully saturated rings. The van der Waals surface area contributed by atoms with Crippen LogP contribution in [0.25, 0.3) is 0 Å². The van der Waals surface area contributed by atoms with Crippen molar-refractivity contribution in [1.82, 2.24) is 15.3 Å². The van der Waals surface area contributed by atoms with Crippen LogP contribution in [0.4, 0.5) is 23.7 Å². The van der Waals surface area contributed by atoms with Gasteiger partial charge < -0.3 is 15.6 Å². The zero-order valence-corrected chi connectivity index (χ0v) is 10.9. The SMILES string of the molecule is O=C(NCCc1cnc[nH]1)Nc1ccccc1C(F)(F)F. The average molecular weight is 298 g/mol. The number of hydrogen-bond acceptors (Lipinski definition) is 2. The van der Waals surface area contributed by atoms with E-state index in [0.29, 0.717) is 6.42 Å². The molecule has 112 valence electrons. The minimum Gasteiger partial charge on any atom is -0.348 e. The standard InChI is InChI=1S/C13H13F3N4O/c14-13(15,16)10-3-1-2-4-11(10)20-12(21)18-6-5-9-7-17-8-19-9/h1-4,7-8H,5-6H2,(H,17,19)(H2,18,20,21). The molecule has 3 N–H and O–H groups in total. The highest BCUT2D eigenvalue weighted by molar-refractivity contribution is 5.90. The van der Waals surface area contributed by atoms with Gasteiger partial charge in [0.2, 0.25) is 0 Å². The number of para-hydroxylation sites is 1. The fourth-order valence-electron chi connectivity index (χ4n) is 1.74. The molecule has 0 saturated carbocycles. The molecule has 0 saturated heterocycles. The molecule has 1 heterocycles. The lowest BCUT2D eigenvalue weighted by Crippen LogP contribution is -2.31. The Kier molecular flexibility index (Phi) is 4.46. The first-order chi connectivity index (χ1) is 9.97. The van der Waals surface area contributed by atoms with Crippen molar-refractivity contribution in [3.8, 4) is 0 Å². The van der Waals surface area contributed by atoms with Crippen LogP contribution < -0.4 is 10.6 Å². The Bertz CT molecular complexity index is 596. The van der Waals surface area contributed by atoms with Gasteiger partial charge in [0.15, 0.2) is 0 Å². The molecule has 0 spiro atoms. The minimum atomic E-state index is -4.51. The van der Waals surface area contributed by atoms with Gasteiger partial charge in [-0.15, -0.1) is 0 Å². The van der Waals surface area contributed by atoms with Crippen LogP contribution in [0.5, 0.6) is 0 Å². The minimum absolute atomic E-state index is 0.274. The number of amides is 2. The number of imidazole rings is 1. The van der Waals surface area contributed by atoms with Gasteiger partial charge in [0, 0.05) is 24.9 Å². The van der Waals surface area contributed by atoms with Crippen LogP contribution in [-0.4, -0.2) is 22.5 Å². The van der Waals surface area contributed by atoms with E-state index in [1.165, 1.54) is 24.5 Å². The number of halogens is 3. The highest BCUT2D eigenvalue weighted by atomic mass is 19.4. The van der Waals surface area contributed by atoms with Crippen LogP contribution >= 0.6 is 0 Å². The number of rotatable bonds is 4. The lowest BCUT2D eigenvalue weighted by atomic mass is 10.1. The van der Waals surface area contributed by atoms with Crippen LogP contribution in [0.1, 0.15) is 11.3 Å². The smallest absolute Gasteiger partial charge is 0.348 e. The number of nitrogens with zero attached hydrogens (tertiary/aromatic N) is 1. The zero-order chi connectivity index (χ0) is 15.3. The molecule has 8 heteroatoms. The van der Waals surface area contributed by atoms with Gasteiger partial charge in [-0.05, 0) is 12.1 Å². The van der Waals surface area contributed by atoms with Crippen molar-refractivity contribution in [3.05, 3.63) is 48.0 Å². The number of aromatic nitrogens is 2. The van der Waals surface area contributed by atoms with Gasteiger partial charge in [0.05, 0.1) is 17.6 Å². The summed E-state index contributed by atoms with van der Waals surface area (Å²) < 4.78 is 38.3. The first kappa shape index (κ1) is 14.9. The van der Waals surface area contributed by atoms with Crippen molar-refractivity contribution in [2.24, 2.45) is 0 Å². The van der Waals surface area contributed by atoms with E-state index in [9.17, 15) is 18.0 Å². The number of carbonyl (C=O) groups excluding carboxylic acids is 1. The second-order valence-corrected chi connectivity index (χ2v) is 4.25. The third kappa shape index (κ3) is 4.23. The zero-order valence-electron chi connectivity index (χ0n) is 10.9. The molecule has 21 heavy (non-hydrogen) atoms. The fourth-order valence-corrected chi connectivity index (χ4v) is 1.74. The summed E-state index contributed by atoms with van der Waals surface area (Å²) in [5.41, 5.74) is -0.330. The van der Waals surface area contributed by atoms with E-state index in [1.807, 2.05) is 0 Å². The quantitative estimate of drug-likeness (QED) is 0.812. The molecule has 0 radical (unpaired) electrons. The molecule has 2 amide bonds. The van der Waals surface area contributed by atoms with E-state index in [2.05, 4.69) is 20.6 Å². The maximum Gasteiger partial charge on any atom is 0.418 e. The summed E-state index contributed by atoms with van der Waals surface area (Å²) in [7, 11) is 0. The number of alkyl halides is 3. The highest BCUT2D eigenvalue weighted by Gasteiger charge is 2.33. The Morgan fingerprint density at radius 2 is 2.05 bits per heavy atom. The maximum atomic E-state index is 12.8. The van der Waals surface area contributed by atoms with Gasteiger partial charge in [-0.25, -0.2) is 9.78 Å². The molecule has 0 atom stereocenters. The summed E-state index contributed by atoms with van der Waals surface area (Å²) in [5, 5.41) is 4.68. The van der Waals surface area contributed by atoms with Crippen LogP contribution in [0.3, 0.4) is 0 Å². The predicted octanol–water partition coefficient (Wildman–Crippen LogP) is 2.79. The number of anilines is 1. The van der Waals surface area contributed by atoms with Gasteiger partial charge in [0.1, 0.15) is 0 Å². The van der Waals surface area contributed by atoms with Crippen molar-refractivity contribution >= 4 is 11.7 Å². The van der Waals surface area contributed by atoms with Crippen LogP contribution in [0.2, 0.25) is 0 Å². The Morgan fingerprint density at radius 3 is 2.71 bits per heavy atom. The van der Waals surface area contributed by atoms with Crippen molar-refractivity contribution in [3.63, 3.8) is 0 Å². The lowest BCUT2D eigenvalue weighted by molar-refractivity contribution is -0.136. The van der Waals surface area contributed by atoms with Crippen LogP contribution in [0.15, 0.2) is 36.8 Å². The number of aromatic amines is 1. The third-order valence-electron chi connectivity index (χ3n) is 2.72. The number of nitrogens with one attached hydrogen (secondary N) is 3. The second-order valence-electron chi connectivity index (χ2n) is 4.25. The molecule has 0 aliphatic carbocycles. The molecule has 0 unspecified atom stereocenters. The fraction of sp³-hybridized carbons (Fsp3) is 0.231. The number of hydrogen-bond donors (Lipinski definition) is 3. The van der Waals surface area contributed by atoms with E-state index in [-0.39, 0.29) is 12.2 Å². The van der Waals surface area contributed by atoms with E-state index >= 15 is 0 Å². The van der Waals surface area contributed by atoms with Gasteiger partial charge in [-0.2, -0.15) is 13.2 Å². The summed E-state index contributed by atoms with van der Waals surface area (Å²) in [6, 6.07) is 4.13. The van der Waals surface area contributed by atoms with Crippen molar-refractivity contribution in [2.45, 2.75) is 12.6 Å². The first-order valence-electron chi connectivity index (χ1n) is 6.15. The Balaban J connectivity index is 1.91. The second kappa shape index (κ2) is 6.29. The molecule has 1 aromatic heterocycles. The molecule has 0 aliphatic rings. The summed E-state index contributed by atoms with van der Waals surface area (Å²) in [5.74, 6) is 0. The number of carbonyl (C=O) groups is 1. The summed E-state index contributed by atoms with van der Waals surface area (Å²) in [4.78, 5) is 18.3. The molecular weight excluding hydrogens is 285 g/mol. The van der Waals surface area contributed by atoms with Crippen molar-refractivity contribution in [1.29, 1.82) is 0 Å². The molecule has 0 bridgehead atoms. The molecule has 2 aromatic rings. The normalized spacial score (nSPS) is 11.2. The molecule has 0 aliphatic heterocycles. The van der Waals surface area contributed by atoms with E-state index in [1.54, 1.807) is 6.20 Å². The lowest BCUT2D eigenvalue weighted by Gasteiger charge is -2.13. The van der Waals surface area contributed by atoms with E-state index < -0.39 is 17.8 Å². The van der Waals surface area contributed by atoms with Gasteiger partial charge in [-0.1, -0.05) is 12.1 Å². The number of urea groups is 1. The van der Waals surface area contributed by atoms with Gasteiger partial charge >= 0.3 is 12.2 Å². The summed E-state index contributed by atoms with van der Waals surface area (Å²) in [6.07, 6.45) is -0.887. The average Bonchev–Trinajstić information content (AvgIpc) is 2.91. The van der Waals surface area contributed by atoms with Crippen molar-refractivity contribution in [2.75, 3.05) is 11.9 Å².